The summed E-state index contributed by atoms with van der Waals surface area (Å²) in [6.45, 7) is 3.03. The number of carbonyl (C=O) groups excluding carboxylic acids is 2. The molecule has 1 aliphatic rings. The van der Waals surface area contributed by atoms with Crippen molar-refractivity contribution in [2.75, 3.05) is 13.3 Å². The second-order valence-electron chi connectivity index (χ2n) is 6.37. The molecule has 3 heterocycles. The summed E-state index contributed by atoms with van der Waals surface area (Å²) in [4.78, 5) is 29.4. The lowest BCUT2D eigenvalue weighted by Crippen LogP contribution is -2.26. The number of fused-ring (bicyclic) bond motifs is 2. The minimum atomic E-state index is -0.367. The van der Waals surface area contributed by atoms with Gasteiger partial charge in [-0.05, 0) is 36.2 Å². The molecule has 0 atom stereocenters. The number of pyridine rings is 1. The molecule has 1 aromatic carbocycles. The van der Waals surface area contributed by atoms with E-state index in [2.05, 4.69) is 15.6 Å². The van der Waals surface area contributed by atoms with Gasteiger partial charge in [-0.25, -0.2) is 4.98 Å². The first-order chi connectivity index (χ1) is 13.7. The number of amides is 2. The zero-order valence-electron chi connectivity index (χ0n) is 15.4. The van der Waals surface area contributed by atoms with E-state index in [0.717, 1.165) is 12.0 Å². The van der Waals surface area contributed by atoms with Crippen LogP contribution in [0.15, 0.2) is 42.6 Å². The van der Waals surface area contributed by atoms with Gasteiger partial charge in [0.2, 0.25) is 12.6 Å². The van der Waals surface area contributed by atoms with E-state index in [1.54, 1.807) is 22.7 Å². The van der Waals surface area contributed by atoms with Crippen molar-refractivity contribution in [3.8, 4) is 11.5 Å². The Labute approximate surface area is 161 Å². The number of hydrogen-bond acceptors (Lipinski definition) is 5. The Balaban J connectivity index is 1.54. The van der Waals surface area contributed by atoms with Crippen molar-refractivity contribution >= 4 is 17.3 Å². The van der Waals surface area contributed by atoms with Crippen LogP contribution in [-0.4, -0.2) is 34.5 Å². The van der Waals surface area contributed by atoms with Gasteiger partial charge in [-0.15, -0.1) is 0 Å². The molecule has 0 unspecified atom stereocenters. The highest BCUT2D eigenvalue weighted by Crippen LogP contribution is 2.32. The summed E-state index contributed by atoms with van der Waals surface area (Å²) in [7, 11) is 0. The Kier molecular flexibility index (Phi) is 4.84. The molecular weight excluding hydrogens is 360 g/mol. The average Bonchev–Trinajstić information content (AvgIpc) is 3.34. The predicted octanol–water partition coefficient (Wildman–Crippen LogP) is 2.13. The summed E-state index contributed by atoms with van der Waals surface area (Å²) < 4.78 is 12.3. The van der Waals surface area contributed by atoms with Crippen LogP contribution in [0.2, 0.25) is 0 Å². The molecule has 8 heteroatoms. The molecule has 28 heavy (non-hydrogen) atoms. The van der Waals surface area contributed by atoms with Crippen molar-refractivity contribution in [1.29, 1.82) is 0 Å². The number of aromatic nitrogens is 2. The first kappa shape index (κ1) is 17.8. The monoisotopic (exact) mass is 380 g/mol. The lowest BCUT2D eigenvalue weighted by molar-refractivity contribution is 0.0939. The fourth-order valence-electron chi connectivity index (χ4n) is 3.00. The molecule has 1 aliphatic heterocycles. The molecule has 2 amide bonds. The quantitative estimate of drug-likeness (QED) is 0.683. The zero-order valence-corrected chi connectivity index (χ0v) is 15.4. The van der Waals surface area contributed by atoms with E-state index < -0.39 is 0 Å². The van der Waals surface area contributed by atoms with Gasteiger partial charge in [0, 0.05) is 19.3 Å². The molecule has 0 radical (unpaired) electrons. The smallest absolute Gasteiger partial charge is 0.287 e. The van der Waals surface area contributed by atoms with Gasteiger partial charge in [-0.1, -0.05) is 19.1 Å². The maximum absolute atomic E-state index is 12.7. The predicted molar refractivity (Wildman–Crippen MR) is 102 cm³/mol. The number of benzene rings is 1. The maximum atomic E-state index is 12.7. The van der Waals surface area contributed by atoms with Gasteiger partial charge in [0.25, 0.3) is 11.8 Å². The molecular formula is C20H20N4O4. The molecule has 3 aromatic rings. The summed E-state index contributed by atoms with van der Waals surface area (Å²) in [5.74, 6) is 0.858. The van der Waals surface area contributed by atoms with Crippen LogP contribution in [0.1, 0.15) is 40.0 Å². The van der Waals surface area contributed by atoms with E-state index in [0.29, 0.717) is 30.1 Å². The van der Waals surface area contributed by atoms with Crippen LogP contribution < -0.4 is 20.1 Å². The Morgan fingerprint density at radius 3 is 2.82 bits per heavy atom. The van der Waals surface area contributed by atoms with Gasteiger partial charge in [0.1, 0.15) is 0 Å². The Morgan fingerprint density at radius 2 is 1.96 bits per heavy atom. The van der Waals surface area contributed by atoms with Crippen LogP contribution in [0.4, 0.5) is 0 Å². The van der Waals surface area contributed by atoms with Gasteiger partial charge >= 0.3 is 0 Å². The third-order valence-corrected chi connectivity index (χ3v) is 4.39. The summed E-state index contributed by atoms with van der Waals surface area (Å²) in [6, 6.07) is 10.9. The van der Waals surface area contributed by atoms with Crippen molar-refractivity contribution in [2.45, 2.75) is 19.9 Å². The average molecular weight is 380 g/mol. The fourth-order valence-corrected chi connectivity index (χ4v) is 3.00. The number of rotatable bonds is 6. The zero-order chi connectivity index (χ0) is 19.5. The van der Waals surface area contributed by atoms with Crippen molar-refractivity contribution in [3.05, 3.63) is 59.7 Å². The minimum absolute atomic E-state index is 0.165. The van der Waals surface area contributed by atoms with Crippen molar-refractivity contribution < 1.29 is 19.1 Å². The molecule has 144 valence electrons. The van der Waals surface area contributed by atoms with Gasteiger partial charge in [-0.2, -0.15) is 0 Å². The van der Waals surface area contributed by atoms with Gasteiger partial charge in [0.15, 0.2) is 17.2 Å². The standard InChI is InChI=1S/C20H20N4O4/c1-2-8-21-19(25)17-14-5-3-4-9-24(14)18(23-17)20(26)22-11-13-6-7-15-16(10-13)28-12-27-15/h3-7,9-10H,2,8,11-12H2,1H3,(H,21,25)(H,22,26). The van der Waals surface area contributed by atoms with E-state index in [1.165, 1.54) is 0 Å². The highest BCUT2D eigenvalue weighted by Gasteiger charge is 2.21. The minimum Gasteiger partial charge on any atom is -0.454 e. The van der Waals surface area contributed by atoms with Crippen LogP contribution in [0.3, 0.4) is 0 Å². The van der Waals surface area contributed by atoms with Crippen LogP contribution in [0, 0.1) is 0 Å². The number of ether oxygens (including phenoxy) is 2. The van der Waals surface area contributed by atoms with Crippen molar-refractivity contribution in [1.82, 2.24) is 20.0 Å². The van der Waals surface area contributed by atoms with E-state index in [9.17, 15) is 9.59 Å². The molecule has 8 nitrogen and oxygen atoms in total. The van der Waals surface area contributed by atoms with E-state index in [4.69, 9.17) is 9.47 Å². The SMILES string of the molecule is CCCNC(=O)c1nc(C(=O)NCc2ccc3c(c2)OCO3)n2ccccc12. The van der Waals surface area contributed by atoms with Crippen LogP contribution in [0.5, 0.6) is 11.5 Å². The van der Waals surface area contributed by atoms with E-state index in [1.807, 2.05) is 31.2 Å². The van der Waals surface area contributed by atoms with Crippen molar-refractivity contribution in [3.63, 3.8) is 0 Å². The lowest BCUT2D eigenvalue weighted by Gasteiger charge is -2.06. The summed E-state index contributed by atoms with van der Waals surface area (Å²) >= 11 is 0. The van der Waals surface area contributed by atoms with Crippen molar-refractivity contribution in [2.24, 2.45) is 0 Å². The number of imidazole rings is 1. The Morgan fingerprint density at radius 1 is 1.11 bits per heavy atom. The van der Waals surface area contributed by atoms with Crippen LogP contribution in [0.25, 0.3) is 5.52 Å². The molecule has 0 spiro atoms. The third kappa shape index (κ3) is 3.36. The largest absolute Gasteiger partial charge is 0.454 e. The molecule has 0 fully saturated rings. The van der Waals surface area contributed by atoms with Gasteiger partial charge in [-0.3, -0.25) is 14.0 Å². The lowest BCUT2D eigenvalue weighted by atomic mass is 10.2. The van der Waals surface area contributed by atoms with Crippen LogP contribution >= 0.6 is 0 Å². The molecule has 2 N–H and O–H groups in total. The topological polar surface area (TPSA) is 94.0 Å². The van der Waals surface area contributed by atoms with Gasteiger partial charge < -0.3 is 20.1 Å². The second kappa shape index (κ2) is 7.59. The summed E-state index contributed by atoms with van der Waals surface area (Å²) in [5, 5.41) is 5.65. The first-order valence-corrected chi connectivity index (χ1v) is 9.09. The molecule has 0 saturated carbocycles. The molecule has 0 saturated heterocycles. The number of carbonyl (C=O) groups is 2. The highest BCUT2D eigenvalue weighted by atomic mass is 16.7. The van der Waals surface area contributed by atoms with E-state index in [-0.39, 0.29) is 30.1 Å². The number of nitrogens with one attached hydrogen (secondary N) is 2. The van der Waals surface area contributed by atoms with Crippen LogP contribution in [-0.2, 0) is 6.54 Å². The summed E-state index contributed by atoms with van der Waals surface area (Å²) in [5.41, 5.74) is 1.70. The molecule has 0 aliphatic carbocycles. The fraction of sp³-hybridized carbons (Fsp3) is 0.250. The first-order valence-electron chi connectivity index (χ1n) is 9.09. The summed E-state index contributed by atoms with van der Waals surface area (Å²) in [6.07, 6.45) is 2.54. The second-order valence-corrected chi connectivity index (χ2v) is 6.37. The normalized spacial score (nSPS) is 12.2. The molecule has 0 bridgehead atoms. The van der Waals surface area contributed by atoms with E-state index >= 15 is 0 Å². The third-order valence-electron chi connectivity index (χ3n) is 4.39. The molecule has 2 aromatic heterocycles. The molecule has 4 rings (SSSR count). The Bertz CT molecular complexity index is 1040. The van der Waals surface area contributed by atoms with Gasteiger partial charge in [0.05, 0.1) is 5.52 Å². The number of nitrogens with zero attached hydrogens (tertiary/aromatic N) is 2. The number of hydrogen-bond donors (Lipinski definition) is 2. The maximum Gasteiger partial charge on any atom is 0.287 e. The highest BCUT2D eigenvalue weighted by molar-refractivity contribution is 6.02. The Hall–Kier alpha value is -3.55.